The molecule has 0 aliphatic heterocycles. The highest BCUT2D eigenvalue weighted by Crippen LogP contribution is 1.88. The van der Waals surface area contributed by atoms with Crippen molar-refractivity contribution in [3.8, 4) is 0 Å². The zero-order valence-electron chi connectivity index (χ0n) is 4.13. The minimum absolute atomic E-state index is 0.821. The first-order valence-corrected chi connectivity index (χ1v) is 3.34. The van der Waals surface area contributed by atoms with Gasteiger partial charge in [-0.05, 0) is 10.4 Å². The highest BCUT2D eigenvalue weighted by atomic mass is 79.9. The number of hydrogen-bond acceptors (Lipinski definition) is 3. The van der Waals surface area contributed by atoms with E-state index in [2.05, 4.69) is 36.6 Å². The van der Waals surface area contributed by atoms with Crippen molar-refractivity contribution < 1.29 is 0 Å². The molecule has 0 saturated heterocycles. The van der Waals surface area contributed by atoms with Crippen molar-refractivity contribution in [3.05, 3.63) is 5.82 Å². The van der Waals surface area contributed by atoms with Crippen molar-refractivity contribution in [2.45, 2.75) is 6.42 Å². The summed E-state index contributed by atoms with van der Waals surface area (Å²) in [7, 11) is 0. The molecule has 1 aromatic heterocycles. The predicted octanol–water partition coefficient (Wildman–Crippen LogP) is 0.137. The van der Waals surface area contributed by atoms with Crippen molar-refractivity contribution >= 4 is 15.9 Å². The molecular formula is C3H5BrN4. The molecule has 0 aliphatic rings. The summed E-state index contributed by atoms with van der Waals surface area (Å²) in [6.45, 7) is 0. The molecular weight excluding hydrogens is 172 g/mol. The van der Waals surface area contributed by atoms with Crippen LogP contribution in [-0.4, -0.2) is 26.0 Å². The third kappa shape index (κ3) is 1.26. The lowest BCUT2D eigenvalue weighted by Gasteiger charge is -1.81. The molecule has 1 heterocycles. The summed E-state index contributed by atoms with van der Waals surface area (Å²) in [6.07, 6.45) is 0.854. The molecule has 1 N–H and O–H groups in total. The molecule has 1 rings (SSSR count). The SMILES string of the molecule is BrCCc1nnn[nH]1. The minimum atomic E-state index is 0.821. The van der Waals surface area contributed by atoms with Crippen LogP contribution in [0.5, 0.6) is 0 Å². The van der Waals surface area contributed by atoms with Gasteiger partial charge in [-0.15, -0.1) is 5.10 Å². The molecule has 0 aromatic carbocycles. The van der Waals surface area contributed by atoms with Gasteiger partial charge < -0.3 is 0 Å². The Kier molecular flexibility index (Phi) is 1.96. The number of aryl methyl sites for hydroxylation is 1. The molecule has 5 heteroatoms. The Morgan fingerprint density at radius 1 is 1.62 bits per heavy atom. The van der Waals surface area contributed by atoms with Crippen LogP contribution in [0.1, 0.15) is 5.82 Å². The molecule has 0 radical (unpaired) electrons. The van der Waals surface area contributed by atoms with Crippen LogP contribution in [0.4, 0.5) is 0 Å². The number of H-pyrrole nitrogens is 1. The monoisotopic (exact) mass is 176 g/mol. The maximum absolute atomic E-state index is 3.66. The second-order valence-electron chi connectivity index (χ2n) is 1.29. The third-order valence-electron chi connectivity index (χ3n) is 0.721. The van der Waals surface area contributed by atoms with Crippen LogP contribution in [0, 0.1) is 0 Å². The summed E-state index contributed by atoms with van der Waals surface area (Å²) < 4.78 is 0. The number of aromatic nitrogens is 4. The van der Waals surface area contributed by atoms with E-state index in [0.717, 1.165) is 17.6 Å². The van der Waals surface area contributed by atoms with Gasteiger partial charge in [0, 0.05) is 11.8 Å². The second kappa shape index (κ2) is 2.76. The molecule has 0 amide bonds. The van der Waals surface area contributed by atoms with Crippen LogP contribution >= 0.6 is 15.9 Å². The molecule has 0 fully saturated rings. The number of aromatic amines is 1. The van der Waals surface area contributed by atoms with E-state index in [-0.39, 0.29) is 0 Å². The van der Waals surface area contributed by atoms with E-state index in [1.54, 1.807) is 0 Å². The normalized spacial score (nSPS) is 9.62. The summed E-state index contributed by atoms with van der Waals surface area (Å²) in [4.78, 5) is 0. The summed E-state index contributed by atoms with van der Waals surface area (Å²) in [5.74, 6) is 0.821. The molecule has 1 aromatic rings. The van der Waals surface area contributed by atoms with Crippen molar-refractivity contribution in [1.29, 1.82) is 0 Å². The number of tetrazole rings is 1. The van der Waals surface area contributed by atoms with Gasteiger partial charge in [0.1, 0.15) is 5.82 Å². The Morgan fingerprint density at radius 3 is 3.00 bits per heavy atom. The molecule has 0 unspecified atom stereocenters. The van der Waals surface area contributed by atoms with Gasteiger partial charge in [0.2, 0.25) is 0 Å². The van der Waals surface area contributed by atoms with Crippen LogP contribution in [0.25, 0.3) is 0 Å². The predicted molar refractivity (Wildman–Crippen MR) is 31.7 cm³/mol. The zero-order valence-corrected chi connectivity index (χ0v) is 5.72. The maximum Gasteiger partial charge on any atom is 0.149 e. The molecule has 0 atom stereocenters. The number of hydrogen-bond donors (Lipinski definition) is 1. The number of alkyl halides is 1. The summed E-state index contributed by atoms with van der Waals surface area (Å²) >= 11 is 3.26. The fraction of sp³-hybridized carbons (Fsp3) is 0.667. The third-order valence-corrected chi connectivity index (χ3v) is 1.12. The Labute approximate surface area is 54.8 Å². The Morgan fingerprint density at radius 2 is 2.50 bits per heavy atom. The van der Waals surface area contributed by atoms with Gasteiger partial charge in [-0.1, -0.05) is 15.9 Å². The molecule has 44 valence electrons. The van der Waals surface area contributed by atoms with Gasteiger partial charge in [0.05, 0.1) is 0 Å². The molecule has 4 nitrogen and oxygen atoms in total. The minimum Gasteiger partial charge on any atom is -0.243 e. The number of halogens is 1. The topological polar surface area (TPSA) is 54.5 Å². The van der Waals surface area contributed by atoms with Crippen molar-refractivity contribution in [2.24, 2.45) is 0 Å². The van der Waals surface area contributed by atoms with Crippen LogP contribution in [-0.2, 0) is 6.42 Å². The van der Waals surface area contributed by atoms with E-state index in [9.17, 15) is 0 Å². The van der Waals surface area contributed by atoms with Crippen LogP contribution < -0.4 is 0 Å². The molecule has 0 aliphatic carbocycles. The molecule has 0 spiro atoms. The maximum atomic E-state index is 3.66. The fourth-order valence-corrected chi connectivity index (χ4v) is 0.750. The van der Waals surface area contributed by atoms with E-state index < -0.39 is 0 Å². The van der Waals surface area contributed by atoms with E-state index in [1.165, 1.54) is 0 Å². The van der Waals surface area contributed by atoms with Crippen molar-refractivity contribution in [2.75, 3.05) is 5.33 Å². The molecule has 0 saturated carbocycles. The Hall–Kier alpha value is -0.450. The average molecular weight is 177 g/mol. The summed E-state index contributed by atoms with van der Waals surface area (Å²) in [6, 6.07) is 0. The van der Waals surface area contributed by atoms with E-state index in [0.29, 0.717) is 0 Å². The average Bonchev–Trinajstić information content (AvgIpc) is 2.19. The first kappa shape index (κ1) is 5.68. The van der Waals surface area contributed by atoms with Gasteiger partial charge in [-0.3, -0.25) is 0 Å². The standard InChI is InChI=1S/C3H5BrN4/c4-2-1-3-5-7-8-6-3/h1-2H2,(H,5,6,7,8). The largest absolute Gasteiger partial charge is 0.243 e. The highest BCUT2D eigenvalue weighted by Gasteiger charge is 1.91. The number of nitrogens with zero attached hydrogens (tertiary/aromatic N) is 3. The van der Waals surface area contributed by atoms with E-state index >= 15 is 0 Å². The Balaban J connectivity index is 2.50. The number of rotatable bonds is 2. The highest BCUT2D eigenvalue weighted by molar-refractivity contribution is 9.09. The first-order chi connectivity index (χ1) is 3.93. The first-order valence-electron chi connectivity index (χ1n) is 2.22. The Bertz CT molecular complexity index is 137. The lowest BCUT2D eigenvalue weighted by molar-refractivity contribution is 0.881. The van der Waals surface area contributed by atoms with Crippen LogP contribution in [0.3, 0.4) is 0 Å². The molecule has 8 heavy (non-hydrogen) atoms. The summed E-state index contributed by atoms with van der Waals surface area (Å²) in [5.41, 5.74) is 0. The lowest BCUT2D eigenvalue weighted by atomic mass is 10.5. The number of nitrogens with one attached hydrogen (secondary N) is 1. The van der Waals surface area contributed by atoms with Gasteiger partial charge in [-0.25, -0.2) is 5.10 Å². The van der Waals surface area contributed by atoms with E-state index in [4.69, 9.17) is 0 Å². The van der Waals surface area contributed by atoms with Gasteiger partial charge >= 0.3 is 0 Å². The lowest BCUT2D eigenvalue weighted by Crippen LogP contribution is -1.87. The quantitative estimate of drug-likeness (QED) is 0.653. The van der Waals surface area contributed by atoms with E-state index in [1.807, 2.05) is 0 Å². The van der Waals surface area contributed by atoms with Gasteiger partial charge in [-0.2, -0.15) is 0 Å². The van der Waals surface area contributed by atoms with Gasteiger partial charge in [0.15, 0.2) is 0 Å². The summed E-state index contributed by atoms with van der Waals surface area (Å²) in [5, 5.41) is 14.0. The molecule has 0 bridgehead atoms. The second-order valence-corrected chi connectivity index (χ2v) is 2.08. The van der Waals surface area contributed by atoms with Crippen LogP contribution in [0.15, 0.2) is 0 Å². The van der Waals surface area contributed by atoms with Gasteiger partial charge in [0.25, 0.3) is 0 Å². The van der Waals surface area contributed by atoms with Crippen molar-refractivity contribution in [1.82, 2.24) is 20.6 Å². The van der Waals surface area contributed by atoms with Crippen LogP contribution in [0.2, 0.25) is 0 Å². The smallest absolute Gasteiger partial charge is 0.149 e. The van der Waals surface area contributed by atoms with Crippen molar-refractivity contribution in [3.63, 3.8) is 0 Å². The fourth-order valence-electron chi connectivity index (χ4n) is 0.374. The zero-order chi connectivity index (χ0) is 5.82.